The Bertz CT molecular complexity index is 864. The second-order valence-corrected chi connectivity index (χ2v) is 7.04. The lowest BCUT2D eigenvalue weighted by molar-refractivity contribution is -0.113. The van der Waals surface area contributed by atoms with Crippen molar-refractivity contribution in [2.24, 2.45) is 0 Å². The lowest BCUT2D eigenvalue weighted by atomic mass is 10.2. The number of rotatable bonds is 5. The molecule has 2 aromatic rings. The van der Waals surface area contributed by atoms with E-state index in [9.17, 15) is 9.59 Å². The first-order chi connectivity index (χ1) is 12.1. The molecule has 6 heteroatoms. The highest BCUT2D eigenvalue weighted by Crippen LogP contribution is 2.37. The summed E-state index contributed by atoms with van der Waals surface area (Å²) < 4.78 is 6.48. The molecule has 0 bridgehead atoms. The number of halogens is 1. The summed E-state index contributed by atoms with van der Waals surface area (Å²) in [5.74, 6) is 0.283. The van der Waals surface area contributed by atoms with Crippen LogP contribution in [-0.4, -0.2) is 17.8 Å². The van der Waals surface area contributed by atoms with Crippen molar-refractivity contribution in [3.05, 3.63) is 76.1 Å². The predicted molar refractivity (Wildman–Crippen MR) is 105 cm³/mol. The number of thioether (sulfide) groups is 1. The fourth-order valence-corrected chi connectivity index (χ4v) is 3.53. The van der Waals surface area contributed by atoms with Gasteiger partial charge in [-0.2, -0.15) is 0 Å². The number of amides is 2. The first kappa shape index (κ1) is 17.5. The zero-order chi connectivity index (χ0) is 17.8. The maximum Gasteiger partial charge on any atom is 0.298 e. The maximum absolute atomic E-state index is 12.7. The minimum Gasteiger partial charge on any atom is -0.489 e. The minimum absolute atomic E-state index is 0.314. The number of anilines is 1. The first-order valence-corrected chi connectivity index (χ1v) is 9.07. The predicted octanol–water partition coefficient (Wildman–Crippen LogP) is 5.25. The number of ether oxygens (including phenoxy) is 1. The van der Waals surface area contributed by atoms with Gasteiger partial charge in [0.05, 0.1) is 10.6 Å². The third-order valence-electron chi connectivity index (χ3n) is 3.42. The molecule has 2 aromatic carbocycles. The van der Waals surface area contributed by atoms with E-state index in [1.165, 1.54) is 4.90 Å². The molecule has 0 spiro atoms. The van der Waals surface area contributed by atoms with Gasteiger partial charge < -0.3 is 4.74 Å². The third kappa shape index (κ3) is 3.86. The second-order valence-electron chi connectivity index (χ2n) is 5.13. The van der Waals surface area contributed by atoms with Gasteiger partial charge in [0.15, 0.2) is 0 Å². The zero-order valence-electron chi connectivity index (χ0n) is 13.1. The lowest BCUT2D eigenvalue weighted by Gasteiger charge is -2.12. The molecule has 25 heavy (non-hydrogen) atoms. The Labute approximate surface area is 158 Å². The average molecular weight is 416 g/mol. The smallest absolute Gasteiger partial charge is 0.298 e. The molecule has 1 fully saturated rings. The quantitative estimate of drug-likeness (QED) is 0.493. The molecule has 0 unspecified atom stereocenters. The van der Waals surface area contributed by atoms with Crippen LogP contribution in [-0.2, 0) is 4.79 Å². The van der Waals surface area contributed by atoms with Crippen LogP contribution in [0.15, 0.2) is 70.6 Å². The fraction of sp³-hybridized carbons (Fsp3) is 0.0526. The SMILES string of the molecule is C=CCOc1ccc(Br)cc1/C=C1\SC(=O)N(c2ccccc2)C1=O. The van der Waals surface area contributed by atoms with Crippen LogP contribution < -0.4 is 9.64 Å². The lowest BCUT2D eigenvalue weighted by Crippen LogP contribution is -2.27. The molecule has 0 saturated carbocycles. The van der Waals surface area contributed by atoms with Crippen molar-refractivity contribution < 1.29 is 14.3 Å². The summed E-state index contributed by atoms with van der Waals surface area (Å²) in [7, 11) is 0. The molecule has 1 saturated heterocycles. The van der Waals surface area contributed by atoms with Gasteiger partial charge in [0.2, 0.25) is 0 Å². The van der Waals surface area contributed by atoms with Crippen LogP contribution in [0.4, 0.5) is 10.5 Å². The zero-order valence-corrected chi connectivity index (χ0v) is 15.5. The van der Waals surface area contributed by atoms with Crippen LogP contribution in [0.25, 0.3) is 6.08 Å². The molecule has 3 rings (SSSR count). The van der Waals surface area contributed by atoms with Crippen LogP contribution in [0, 0.1) is 0 Å². The van der Waals surface area contributed by atoms with Crippen LogP contribution in [0.5, 0.6) is 5.75 Å². The molecule has 0 aliphatic carbocycles. The Morgan fingerprint density at radius 1 is 1.16 bits per heavy atom. The Morgan fingerprint density at radius 3 is 2.64 bits per heavy atom. The van der Waals surface area contributed by atoms with Gasteiger partial charge in [-0.1, -0.05) is 46.8 Å². The minimum atomic E-state index is -0.337. The van der Waals surface area contributed by atoms with Crippen molar-refractivity contribution in [1.82, 2.24) is 0 Å². The molecule has 1 aliphatic rings. The van der Waals surface area contributed by atoms with Crippen LogP contribution in [0.1, 0.15) is 5.56 Å². The summed E-state index contributed by atoms with van der Waals surface area (Å²) in [6, 6.07) is 14.4. The number of benzene rings is 2. The molecule has 1 heterocycles. The van der Waals surface area contributed by atoms with E-state index in [0.717, 1.165) is 21.8 Å². The van der Waals surface area contributed by atoms with Crippen molar-refractivity contribution in [3.8, 4) is 5.75 Å². The summed E-state index contributed by atoms with van der Waals surface area (Å²) in [4.78, 5) is 26.5. The van der Waals surface area contributed by atoms with E-state index in [2.05, 4.69) is 22.5 Å². The van der Waals surface area contributed by atoms with Gasteiger partial charge in [0.1, 0.15) is 12.4 Å². The summed E-state index contributed by atoms with van der Waals surface area (Å²) in [5, 5.41) is -0.314. The van der Waals surface area contributed by atoms with Crippen molar-refractivity contribution in [1.29, 1.82) is 0 Å². The van der Waals surface area contributed by atoms with Crippen molar-refractivity contribution in [3.63, 3.8) is 0 Å². The van der Waals surface area contributed by atoms with Gasteiger partial charge in [-0.25, -0.2) is 4.90 Å². The van der Waals surface area contributed by atoms with E-state index in [-0.39, 0.29) is 11.1 Å². The molecule has 4 nitrogen and oxygen atoms in total. The summed E-state index contributed by atoms with van der Waals surface area (Å²) >= 11 is 4.33. The summed E-state index contributed by atoms with van der Waals surface area (Å²) in [6.45, 7) is 3.99. The van der Waals surface area contributed by atoms with E-state index in [0.29, 0.717) is 22.9 Å². The van der Waals surface area contributed by atoms with Gasteiger partial charge >= 0.3 is 0 Å². The van der Waals surface area contributed by atoms with E-state index in [4.69, 9.17) is 4.74 Å². The van der Waals surface area contributed by atoms with Crippen molar-refractivity contribution in [2.75, 3.05) is 11.5 Å². The number of imide groups is 1. The molecular weight excluding hydrogens is 402 g/mol. The van der Waals surface area contributed by atoms with Gasteiger partial charge in [0.25, 0.3) is 11.1 Å². The normalized spacial score (nSPS) is 15.7. The van der Waals surface area contributed by atoms with Gasteiger partial charge in [0, 0.05) is 10.0 Å². The highest BCUT2D eigenvalue weighted by atomic mass is 79.9. The molecule has 0 atom stereocenters. The first-order valence-electron chi connectivity index (χ1n) is 7.46. The number of nitrogens with zero attached hydrogens (tertiary/aromatic N) is 1. The largest absolute Gasteiger partial charge is 0.489 e. The van der Waals surface area contributed by atoms with E-state index in [1.54, 1.807) is 42.5 Å². The van der Waals surface area contributed by atoms with Crippen molar-refractivity contribution in [2.45, 2.75) is 0 Å². The molecule has 126 valence electrons. The van der Waals surface area contributed by atoms with Gasteiger partial charge in [-0.05, 0) is 48.2 Å². The van der Waals surface area contributed by atoms with Crippen LogP contribution >= 0.6 is 27.7 Å². The fourth-order valence-electron chi connectivity index (χ4n) is 2.32. The van der Waals surface area contributed by atoms with Crippen LogP contribution in [0.2, 0.25) is 0 Å². The Morgan fingerprint density at radius 2 is 1.92 bits per heavy atom. The Kier molecular flexibility index (Phi) is 5.40. The number of carbonyl (C=O) groups is 2. The topological polar surface area (TPSA) is 46.6 Å². The van der Waals surface area contributed by atoms with Crippen LogP contribution in [0.3, 0.4) is 0 Å². The van der Waals surface area contributed by atoms with Crippen molar-refractivity contribution >= 4 is 50.6 Å². The second kappa shape index (κ2) is 7.72. The van der Waals surface area contributed by atoms with E-state index in [1.807, 2.05) is 18.2 Å². The number of para-hydroxylation sites is 1. The number of hydrogen-bond donors (Lipinski definition) is 0. The van der Waals surface area contributed by atoms with E-state index < -0.39 is 0 Å². The Hall–Kier alpha value is -2.31. The third-order valence-corrected chi connectivity index (χ3v) is 4.79. The monoisotopic (exact) mass is 415 g/mol. The van der Waals surface area contributed by atoms with E-state index >= 15 is 0 Å². The van der Waals surface area contributed by atoms with Gasteiger partial charge in [-0.3, -0.25) is 9.59 Å². The molecule has 0 aromatic heterocycles. The molecule has 0 radical (unpaired) electrons. The molecular formula is C19H14BrNO3S. The summed E-state index contributed by atoms with van der Waals surface area (Å²) in [5.41, 5.74) is 1.28. The highest BCUT2D eigenvalue weighted by Gasteiger charge is 2.36. The molecule has 0 N–H and O–H groups in total. The molecule has 1 aliphatic heterocycles. The molecule has 2 amide bonds. The van der Waals surface area contributed by atoms with Gasteiger partial charge in [-0.15, -0.1) is 0 Å². The maximum atomic E-state index is 12.7. The average Bonchev–Trinajstić information content (AvgIpc) is 2.88. The summed E-state index contributed by atoms with van der Waals surface area (Å²) in [6.07, 6.45) is 3.33. The number of carbonyl (C=O) groups excluding carboxylic acids is 2. The standard InChI is InChI=1S/C19H14BrNO3S/c1-2-10-24-16-9-8-14(20)11-13(16)12-17-18(22)21(19(23)25-17)15-6-4-3-5-7-15/h2-9,11-12H,1,10H2/b17-12-. The number of hydrogen-bond acceptors (Lipinski definition) is 4. The highest BCUT2D eigenvalue weighted by molar-refractivity contribution is 9.10. The Balaban J connectivity index is 1.95.